The molecule has 0 spiro atoms. The predicted octanol–water partition coefficient (Wildman–Crippen LogP) is 7.27. The Labute approximate surface area is 174 Å². The molecule has 0 aliphatic rings. The molecule has 0 atom stereocenters. The number of nitrogens with zero attached hydrogens (tertiary/aromatic N) is 2. The zero-order chi connectivity index (χ0) is 19.7. The summed E-state index contributed by atoms with van der Waals surface area (Å²) in [5.41, 5.74) is 4.05. The van der Waals surface area contributed by atoms with E-state index in [1.807, 2.05) is 91.1 Å². The van der Waals surface area contributed by atoms with Crippen LogP contribution in [0.4, 0.5) is 0 Å². The van der Waals surface area contributed by atoms with Crippen molar-refractivity contribution in [2.75, 3.05) is 0 Å². The molecule has 2 aromatic heterocycles. The first-order valence-electron chi connectivity index (χ1n) is 9.44. The van der Waals surface area contributed by atoms with Crippen LogP contribution in [0.1, 0.15) is 0 Å². The predicted molar refractivity (Wildman–Crippen MR) is 124 cm³/mol. The smallest absolute Gasteiger partial charge is 0.170 e. The number of fused-ring (bicyclic) bond motifs is 1. The summed E-state index contributed by atoms with van der Waals surface area (Å²) in [7, 11) is 0. The van der Waals surface area contributed by atoms with Crippen LogP contribution >= 0.6 is 11.3 Å². The molecule has 140 valence electrons. The second-order valence-electron chi connectivity index (χ2n) is 6.34. The van der Waals surface area contributed by atoms with Gasteiger partial charge in [0.15, 0.2) is 5.65 Å². The highest BCUT2D eigenvalue weighted by molar-refractivity contribution is 7.21. The number of hydrogen-bond donors (Lipinski definition) is 0. The fraction of sp³-hybridized carbons (Fsp3) is 0. The van der Waals surface area contributed by atoms with Crippen LogP contribution in [0, 0.1) is 0 Å². The Hall–Kier alpha value is -3.56. The largest absolute Gasteiger partial charge is 0.235 e. The minimum Gasteiger partial charge on any atom is -0.235 e. The molecule has 0 unspecified atom stereocenters. The van der Waals surface area contributed by atoms with Crippen molar-refractivity contribution in [1.29, 1.82) is 0 Å². The van der Waals surface area contributed by atoms with Gasteiger partial charge < -0.3 is 0 Å². The van der Waals surface area contributed by atoms with Crippen LogP contribution < -0.4 is 0 Å². The van der Waals surface area contributed by atoms with E-state index in [4.69, 9.17) is 4.98 Å². The van der Waals surface area contributed by atoms with E-state index in [0.29, 0.717) is 0 Å². The quantitative estimate of drug-likeness (QED) is 0.358. The number of hydrogen-bond acceptors (Lipinski definition) is 3. The third kappa shape index (κ3) is 5.03. The summed E-state index contributed by atoms with van der Waals surface area (Å²) in [5.74, 6) is 0. The number of pyridine rings is 1. The first kappa shape index (κ1) is 18.8. The highest BCUT2D eigenvalue weighted by atomic mass is 32.1. The molecular formula is C26H20N2S. The summed E-state index contributed by atoms with van der Waals surface area (Å²) in [6.45, 7) is 0. The van der Waals surface area contributed by atoms with Crippen molar-refractivity contribution in [3.63, 3.8) is 0 Å². The zero-order valence-electron chi connectivity index (χ0n) is 15.8. The van der Waals surface area contributed by atoms with Crippen molar-refractivity contribution in [2.45, 2.75) is 0 Å². The third-order valence-corrected chi connectivity index (χ3v) is 5.30. The molecule has 0 aliphatic heterocycles. The Balaban J connectivity index is 1.78. The molecule has 4 aromatic rings. The fourth-order valence-electron chi connectivity index (χ4n) is 2.83. The molecule has 0 saturated carbocycles. The Morgan fingerprint density at radius 3 is 1.55 bits per heavy atom. The minimum atomic E-state index is 0.780. The van der Waals surface area contributed by atoms with E-state index < -0.39 is 0 Å². The maximum absolute atomic E-state index is 4.75. The molecule has 0 N–H and O–H groups in total. The monoisotopic (exact) mass is 392 g/mol. The maximum atomic E-state index is 4.75. The molecule has 4 rings (SSSR count). The normalized spacial score (nSPS) is 10.1. The summed E-state index contributed by atoms with van der Waals surface area (Å²) < 4.78 is 1.08. The van der Waals surface area contributed by atoms with E-state index >= 15 is 0 Å². The lowest BCUT2D eigenvalue weighted by Crippen LogP contribution is -1.80. The molecule has 0 fully saturated rings. The first-order valence-corrected chi connectivity index (χ1v) is 10.3. The summed E-state index contributed by atoms with van der Waals surface area (Å²) in [6, 6.07) is 38.8. The SMILES string of the molecule is c1ccccc(-c2cnc3nc(-c4ccccccccc4)sc3c2)cccc1. The summed E-state index contributed by atoms with van der Waals surface area (Å²) >= 11 is 1.66. The van der Waals surface area contributed by atoms with Gasteiger partial charge in [-0.15, -0.1) is 11.3 Å². The second-order valence-corrected chi connectivity index (χ2v) is 7.37. The van der Waals surface area contributed by atoms with Gasteiger partial charge in [-0.1, -0.05) is 109 Å². The Bertz CT molecular complexity index is 1120. The molecule has 2 aromatic carbocycles. The highest BCUT2D eigenvalue weighted by Crippen LogP contribution is 2.31. The van der Waals surface area contributed by atoms with E-state index in [1.54, 1.807) is 11.3 Å². The van der Waals surface area contributed by atoms with Crippen LogP contribution in [-0.2, 0) is 0 Å². The van der Waals surface area contributed by atoms with Crippen LogP contribution in [0.5, 0.6) is 0 Å². The molecular weight excluding hydrogens is 372 g/mol. The minimum absolute atomic E-state index is 0.780. The van der Waals surface area contributed by atoms with E-state index in [1.165, 1.54) is 0 Å². The van der Waals surface area contributed by atoms with Crippen LogP contribution in [-0.4, -0.2) is 9.97 Å². The summed E-state index contributed by atoms with van der Waals surface area (Å²) in [5, 5.41) is 0.965. The Morgan fingerprint density at radius 2 is 1.00 bits per heavy atom. The molecule has 0 saturated heterocycles. The van der Waals surface area contributed by atoms with Crippen molar-refractivity contribution in [3.8, 4) is 21.7 Å². The average molecular weight is 393 g/mol. The van der Waals surface area contributed by atoms with Gasteiger partial charge in [-0.25, -0.2) is 9.97 Å². The van der Waals surface area contributed by atoms with Crippen LogP contribution in [0.3, 0.4) is 0 Å². The lowest BCUT2D eigenvalue weighted by Gasteiger charge is -1.98. The van der Waals surface area contributed by atoms with Gasteiger partial charge in [-0.3, -0.25) is 0 Å². The molecule has 0 bridgehead atoms. The summed E-state index contributed by atoms with van der Waals surface area (Å²) in [6.07, 6.45) is 1.90. The van der Waals surface area contributed by atoms with Gasteiger partial charge in [0, 0.05) is 17.3 Å². The lowest BCUT2D eigenvalue weighted by molar-refractivity contribution is 1.33. The Morgan fingerprint density at radius 1 is 0.517 bits per heavy atom. The number of aromatic nitrogens is 2. The molecule has 29 heavy (non-hydrogen) atoms. The van der Waals surface area contributed by atoms with Gasteiger partial charge in [-0.2, -0.15) is 0 Å². The van der Waals surface area contributed by atoms with E-state index in [0.717, 1.165) is 32.0 Å². The summed E-state index contributed by atoms with van der Waals surface area (Å²) in [4.78, 5) is 9.37. The van der Waals surface area contributed by atoms with E-state index in [2.05, 4.69) is 35.3 Å². The number of thiazole rings is 1. The lowest BCUT2D eigenvalue weighted by atomic mass is 10.1. The maximum Gasteiger partial charge on any atom is 0.170 e. The number of rotatable bonds is 2. The second kappa shape index (κ2) is 9.58. The van der Waals surface area contributed by atoms with Gasteiger partial charge in [0.1, 0.15) is 5.01 Å². The van der Waals surface area contributed by atoms with Crippen molar-refractivity contribution >= 4 is 21.7 Å². The van der Waals surface area contributed by atoms with Gasteiger partial charge in [0.05, 0.1) is 4.70 Å². The molecule has 0 aliphatic carbocycles. The van der Waals surface area contributed by atoms with Crippen molar-refractivity contribution in [3.05, 3.63) is 121 Å². The van der Waals surface area contributed by atoms with E-state index in [-0.39, 0.29) is 0 Å². The van der Waals surface area contributed by atoms with E-state index in [9.17, 15) is 0 Å². The fourth-order valence-corrected chi connectivity index (χ4v) is 3.80. The average Bonchev–Trinajstić information content (AvgIpc) is 3.19. The van der Waals surface area contributed by atoms with Crippen molar-refractivity contribution < 1.29 is 0 Å². The van der Waals surface area contributed by atoms with Crippen molar-refractivity contribution in [1.82, 2.24) is 9.97 Å². The van der Waals surface area contributed by atoms with Crippen LogP contribution in [0.2, 0.25) is 0 Å². The van der Waals surface area contributed by atoms with Crippen LogP contribution in [0.25, 0.3) is 32.0 Å². The topological polar surface area (TPSA) is 25.8 Å². The first-order chi connectivity index (χ1) is 14.4. The standard InChI is InChI=1S/C26H20N2S/c1-3-7-11-15-21(16-12-8-4-1)23-19-24-25(27-20-23)28-26(29-24)22-17-13-9-5-2-6-10-14-18-22/h1-20H. The van der Waals surface area contributed by atoms with Gasteiger partial charge in [-0.05, 0) is 11.6 Å². The molecule has 2 nitrogen and oxygen atoms in total. The molecule has 0 radical (unpaired) electrons. The van der Waals surface area contributed by atoms with Gasteiger partial charge in [0.25, 0.3) is 0 Å². The van der Waals surface area contributed by atoms with Crippen molar-refractivity contribution in [2.24, 2.45) is 0 Å². The zero-order valence-corrected chi connectivity index (χ0v) is 16.7. The van der Waals surface area contributed by atoms with Gasteiger partial charge in [0.2, 0.25) is 0 Å². The van der Waals surface area contributed by atoms with Crippen LogP contribution in [0.15, 0.2) is 121 Å². The molecule has 3 heteroatoms. The highest BCUT2D eigenvalue weighted by Gasteiger charge is 2.08. The third-order valence-electron chi connectivity index (χ3n) is 4.26. The van der Waals surface area contributed by atoms with Gasteiger partial charge >= 0.3 is 0 Å². The molecule has 0 amide bonds. The Kier molecular flexibility index (Phi) is 6.21. The molecule has 2 heterocycles.